The number of fused-ring (bicyclic) bond motifs is 1. The van der Waals surface area contributed by atoms with E-state index in [1.165, 1.54) is 5.56 Å². The van der Waals surface area contributed by atoms with Crippen LogP contribution in [0, 0.1) is 0 Å². The minimum Gasteiger partial charge on any atom is -0.497 e. The van der Waals surface area contributed by atoms with E-state index in [1.54, 1.807) is 23.4 Å². The van der Waals surface area contributed by atoms with Gasteiger partial charge in [-0.05, 0) is 49.1 Å². The second-order valence-electron chi connectivity index (χ2n) is 7.09. The van der Waals surface area contributed by atoms with Crippen LogP contribution in [0.15, 0.2) is 58.5 Å². The van der Waals surface area contributed by atoms with E-state index in [0.29, 0.717) is 18.4 Å². The molecule has 1 amide bonds. The van der Waals surface area contributed by atoms with Gasteiger partial charge in [-0.2, -0.15) is 0 Å². The van der Waals surface area contributed by atoms with E-state index >= 15 is 0 Å². The predicted molar refractivity (Wildman–Crippen MR) is 121 cm³/mol. The largest absolute Gasteiger partial charge is 0.497 e. The fraction of sp³-hybridized carbons (Fsp3) is 0.348. The Morgan fingerprint density at radius 2 is 1.87 bits per heavy atom. The standard InChI is InChI=1S/C23H27N3O3S/c1-29-18-12-10-17(11-13-18)14-16-30-23-25-20-8-5-4-7-19(20)22(28)26(23)15-6-2-3-9-21(24)27/h4-5,7-8,10-13H,2-3,6,9,14-16H2,1H3,(H2,24,27). The summed E-state index contributed by atoms with van der Waals surface area (Å²) in [5.41, 5.74) is 7.12. The Kier molecular flexibility index (Phi) is 7.90. The second-order valence-corrected chi connectivity index (χ2v) is 8.15. The van der Waals surface area contributed by atoms with Crippen LogP contribution in [0.25, 0.3) is 10.9 Å². The zero-order valence-electron chi connectivity index (χ0n) is 17.2. The Hall–Kier alpha value is -2.80. The monoisotopic (exact) mass is 425 g/mol. The predicted octanol–water partition coefficient (Wildman–Crippen LogP) is 3.79. The van der Waals surface area contributed by atoms with Crippen molar-refractivity contribution in [2.75, 3.05) is 12.9 Å². The number of carbonyl (C=O) groups excluding carboxylic acids is 1. The molecule has 0 radical (unpaired) electrons. The van der Waals surface area contributed by atoms with Gasteiger partial charge in [0.15, 0.2) is 5.16 Å². The van der Waals surface area contributed by atoms with E-state index < -0.39 is 0 Å². The number of nitrogens with two attached hydrogens (primary N) is 1. The van der Waals surface area contributed by atoms with E-state index in [1.807, 2.05) is 36.4 Å². The van der Waals surface area contributed by atoms with Gasteiger partial charge in [-0.25, -0.2) is 4.98 Å². The lowest BCUT2D eigenvalue weighted by Crippen LogP contribution is -2.23. The number of hydrogen-bond donors (Lipinski definition) is 1. The summed E-state index contributed by atoms with van der Waals surface area (Å²) in [6.45, 7) is 0.584. The lowest BCUT2D eigenvalue weighted by atomic mass is 10.2. The number of aromatic nitrogens is 2. The molecule has 0 saturated heterocycles. The molecule has 158 valence electrons. The number of unbranched alkanes of at least 4 members (excludes halogenated alkanes) is 2. The molecule has 0 fully saturated rings. The number of rotatable bonds is 11. The fourth-order valence-corrected chi connectivity index (χ4v) is 4.27. The van der Waals surface area contributed by atoms with Crippen LogP contribution in [0.4, 0.5) is 0 Å². The molecule has 30 heavy (non-hydrogen) atoms. The number of hydrogen-bond acceptors (Lipinski definition) is 5. The van der Waals surface area contributed by atoms with Crippen LogP contribution in [0.1, 0.15) is 31.2 Å². The highest BCUT2D eigenvalue weighted by atomic mass is 32.2. The summed E-state index contributed by atoms with van der Waals surface area (Å²) in [6.07, 6.45) is 3.65. The van der Waals surface area contributed by atoms with Crippen LogP contribution in [-0.2, 0) is 17.8 Å². The molecule has 1 heterocycles. The lowest BCUT2D eigenvalue weighted by molar-refractivity contribution is -0.118. The summed E-state index contributed by atoms with van der Waals surface area (Å²) in [6, 6.07) is 15.5. The summed E-state index contributed by atoms with van der Waals surface area (Å²) in [4.78, 5) is 28.7. The average Bonchev–Trinajstić information content (AvgIpc) is 2.75. The van der Waals surface area contributed by atoms with Gasteiger partial charge in [0.25, 0.3) is 5.56 Å². The Morgan fingerprint density at radius 3 is 2.60 bits per heavy atom. The van der Waals surface area contributed by atoms with E-state index in [-0.39, 0.29) is 11.5 Å². The molecular formula is C23H27N3O3S. The first-order valence-corrected chi connectivity index (χ1v) is 11.1. The summed E-state index contributed by atoms with van der Waals surface area (Å²) in [5.74, 6) is 1.38. The molecule has 1 aromatic heterocycles. The van der Waals surface area contributed by atoms with Gasteiger partial charge in [-0.1, -0.05) is 42.4 Å². The third-order valence-electron chi connectivity index (χ3n) is 4.91. The van der Waals surface area contributed by atoms with Gasteiger partial charge in [0.05, 0.1) is 18.0 Å². The number of amides is 1. The molecule has 7 heteroatoms. The molecule has 0 aliphatic rings. The second kappa shape index (κ2) is 10.8. The maximum atomic E-state index is 13.0. The molecule has 0 bridgehead atoms. The van der Waals surface area contributed by atoms with Crippen LogP contribution in [0.5, 0.6) is 5.75 Å². The van der Waals surface area contributed by atoms with Crippen molar-refractivity contribution in [3.8, 4) is 5.75 Å². The third-order valence-corrected chi connectivity index (χ3v) is 5.89. The summed E-state index contributed by atoms with van der Waals surface area (Å²) in [7, 11) is 1.66. The van der Waals surface area contributed by atoms with Crippen molar-refractivity contribution >= 4 is 28.6 Å². The van der Waals surface area contributed by atoms with Crippen LogP contribution in [-0.4, -0.2) is 28.3 Å². The Bertz CT molecular complexity index is 1050. The molecule has 0 aliphatic carbocycles. The minimum absolute atomic E-state index is 0.0116. The number of thioether (sulfide) groups is 1. The van der Waals surface area contributed by atoms with Crippen LogP contribution < -0.4 is 16.0 Å². The third kappa shape index (κ3) is 5.86. The van der Waals surface area contributed by atoms with E-state index in [0.717, 1.165) is 47.9 Å². The number of aryl methyl sites for hydroxylation is 1. The van der Waals surface area contributed by atoms with Gasteiger partial charge in [-0.15, -0.1) is 0 Å². The van der Waals surface area contributed by atoms with Gasteiger partial charge >= 0.3 is 0 Å². The van der Waals surface area contributed by atoms with Crippen molar-refractivity contribution in [2.24, 2.45) is 5.73 Å². The average molecular weight is 426 g/mol. The first-order valence-electron chi connectivity index (χ1n) is 10.1. The van der Waals surface area contributed by atoms with Crippen LogP contribution in [0.3, 0.4) is 0 Å². The van der Waals surface area contributed by atoms with Crippen molar-refractivity contribution in [1.29, 1.82) is 0 Å². The number of primary amides is 1. The smallest absolute Gasteiger partial charge is 0.262 e. The first-order chi connectivity index (χ1) is 14.6. The molecule has 3 aromatic rings. The zero-order valence-corrected chi connectivity index (χ0v) is 18.0. The molecule has 0 saturated carbocycles. The van der Waals surface area contributed by atoms with Gasteiger partial charge in [0.1, 0.15) is 5.75 Å². The minimum atomic E-state index is -0.283. The van der Waals surface area contributed by atoms with Gasteiger partial charge in [-0.3, -0.25) is 14.2 Å². The molecule has 0 atom stereocenters. The highest BCUT2D eigenvalue weighted by molar-refractivity contribution is 7.99. The highest BCUT2D eigenvalue weighted by Gasteiger charge is 2.11. The maximum absolute atomic E-state index is 13.0. The number of ether oxygens (including phenoxy) is 1. The van der Waals surface area contributed by atoms with Crippen molar-refractivity contribution in [2.45, 2.75) is 43.8 Å². The summed E-state index contributed by atoms with van der Waals surface area (Å²) in [5, 5.41) is 1.37. The molecule has 3 rings (SSSR count). The van der Waals surface area contributed by atoms with Gasteiger partial charge < -0.3 is 10.5 Å². The SMILES string of the molecule is COc1ccc(CCSc2nc3ccccc3c(=O)n2CCCCCC(N)=O)cc1. The Labute approximate surface area is 180 Å². The summed E-state index contributed by atoms with van der Waals surface area (Å²) >= 11 is 1.60. The highest BCUT2D eigenvalue weighted by Crippen LogP contribution is 2.21. The number of benzene rings is 2. The molecular weight excluding hydrogens is 398 g/mol. The fourth-order valence-electron chi connectivity index (χ4n) is 3.25. The summed E-state index contributed by atoms with van der Waals surface area (Å²) < 4.78 is 6.97. The Balaban J connectivity index is 1.71. The molecule has 2 aromatic carbocycles. The number of nitrogens with zero attached hydrogens (tertiary/aromatic N) is 2. The number of methoxy groups -OCH3 is 1. The van der Waals surface area contributed by atoms with Crippen LogP contribution in [0.2, 0.25) is 0 Å². The van der Waals surface area contributed by atoms with Crippen molar-refractivity contribution in [3.05, 3.63) is 64.4 Å². The molecule has 0 unspecified atom stereocenters. The maximum Gasteiger partial charge on any atom is 0.262 e. The van der Waals surface area contributed by atoms with Gasteiger partial charge in [0, 0.05) is 18.7 Å². The Morgan fingerprint density at radius 1 is 1.10 bits per heavy atom. The molecule has 0 spiro atoms. The van der Waals surface area contributed by atoms with Crippen molar-refractivity contribution in [1.82, 2.24) is 9.55 Å². The molecule has 6 nitrogen and oxygen atoms in total. The molecule has 0 aliphatic heterocycles. The van der Waals surface area contributed by atoms with E-state index in [4.69, 9.17) is 15.5 Å². The normalized spacial score (nSPS) is 11.0. The number of para-hydroxylation sites is 1. The van der Waals surface area contributed by atoms with Gasteiger partial charge in [0.2, 0.25) is 5.91 Å². The topological polar surface area (TPSA) is 87.2 Å². The molecule has 2 N–H and O–H groups in total. The van der Waals surface area contributed by atoms with Crippen LogP contribution >= 0.6 is 11.8 Å². The number of carbonyl (C=O) groups is 1. The van der Waals surface area contributed by atoms with Crippen molar-refractivity contribution in [3.63, 3.8) is 0 Å². The van der Waals surface area contributed by atoms with Crippen molar-refractivity contribution < 1.29 is 9.53 Å². The quantitative estimate of drug-likeness (QED) is 0.287. The van der Waals surface area contributed by atoms with E-state index in [9.17, 15) is 9.59 Å². The lowest BCUT2D eigenvalue weighted by Gasteiger charge is -2.13. The van der Waals surface area contributed by atoms with E-state index in [2.05, 4.69) is 12.1 Å². The first kappa shape index (κ1) is 21.9. The zero-order chi connectivity index (χ0) is 21.3.